The Labute approximate surface area is 81.0 Å². The summed E-state index contributed by atoms with van der Waals surface area (Å²) in [5, 5.41) is 3.57. The van der Waals surface area contributed by atoms with Gasteiger partial charge in [-0.25, -0.2) is 5.43 Å². The largest absolute Gasteiger partial charge is 0.323 e. The average molecular weight is 254 g/mol. The minimum absolute atomic E-state index is 0.515. The Hall–Kier alpha value is -0.980. The fourth-order valence-corrected chi connectivity index (χ4v) is 0.850. The van der Waals surface area contributed by atoms with Crippen molar-refractivity contribution in [3.05, 3.63) is 16.9 Å². The van der Waals surface area contributed by atoms with E-state index >= 15 is 0 Å². The highest BCUT2D eigenvalue weighted by atomic mass is 79.9. The molecule has 1 rings (SSSR count). The maximum absolute atomic E-state index is 12.3. The van der Waals surface area contributed by atoms with Gasteiger partial charge in [-0.05, 0) is 15.9 Å². The molecule has 1 N–H and O–H groups in total. The molecule has 0 saturated heterocycles. The molecule has 1 heterocycles. The topological polar surface area (TPSA) is 46.9 Å². The van der Waals surface area contributed by atoms with Crippen LogP contribution in [0.5, 0.6) is 0 Å². The number of rotatable bonds is 2. The first-order valence-electron chi connectivity index (χ1n) is 3.29. The molecule has 0 unspecified atom stereocenters. The molecule has 0 aliphatic heterocycles. The summed E-state index contributed by atoms with van der Waals surface area (Å²) in [5.74, 6) is -4.80. The van der Waals surface area contributed by atoms with Crippen LogP contribution in [0.1, 0.15) is 6.92 Å². The number of nitrogens with one attached hydrogen (secondary N) is 1. The molecule has 7 heteroatoms. The van der Waals surface area contributed by atoms with E-state index in [1.54, 1.807) is 0 Å². The maximum Gasteiger partial charge on any atom is 0.323 e. The number of amides is 1. The lowest BCUT2D eigenvalue weighted by atomic mass is 10.4. The number of halogens is 3. The van der Waals surface area contributed by atoms with E-state index in [2.05, 4.69) is 21.0 Å². The van der Waals surface area contributed by atoms with Crippen LogP contribution in [0.4, 0.5) is 8.78 Å². The van der Waals surface area contributed by atoms with Crippen LogP contribution >= 0.6 is 15.9 Å². The predicted octanol–water partition coefficient (Wildman–Crippen LogP) is 1.37. The van der Waals surface area contributed by atoms with Crippen LogP contribution in [0.25, 0.3) is 0 Å². The number of carbonyl (C=O) groups excluding carboxylic acids is 1. The minimum atomic E-state index is -3.40. The Morgan fingerprint density at radius 2 is 2.38 bits per heavy atom. The summed E-state index contributed by atoms with van der Waals surface area (Å²) in [6.45, 7) is 0.515. The summed E-state index contributed by atoms with van der Waals surface area (Å²) in [4.78, 5) is 11.6. The molecular formula is C6H6BrF2N3O. The van der Waals surface area contributed by atoms with Crippen molar-refractivity contribution in [2.45, 2.75) is 12.8 Å². The molecule has 13 heavy (non-hydrogen) atoms. The van der Waals surface area contributed by atoms with Crippen molar-refractivity contribution < 1.29 is 13.6 Å². The summed E-state index contributed by atoms with van der Waals surface area (Å²) < 4.78 is 25.3. The monoisotopic (exact) mass is 253 g/mol. The second kappa shape index (κ2) is 3.41. The van der Waals surface area contributed by atoms with Crippen molar-refractivity contribution in [2.75, 3.05) is 5.43 Å². The van der Waals surface area contributed by atoms with Gasteiger partial charge in [0.2, 0.25) is 0 Å². The van der Waals surface area contributed by atoms with Gasteiger partial charge in [-0.1, -0.05) is 0 Å². The molecule has 0 atom stereocenters. The van der Waals surface area contributed by atoms with Gasteiger partial charge in [-0.15, -0.1) is 0 Å². The number of aromatic nitrogens is 2. The second-order valence-electron chi connectivity index (χ2n) is 2.43. The number of alkyl halides is 2. The molecule has 72 valence electrons. The summed E-state index contributed by atoms with van der Waals surface area (Å²) in [5.41, 5.74) is 1.89. The highest BCUT2D eigenvalue weighted by molar-refractivity contribution is 9.10. The third-order valence-electron chi connectivity index (χ3n) is 1.17. The van der Waals surface area contributed by atoms with Gasteiger partial charge in [0.1, 0.15) is 0 Å². The molecule has 1 aromatic heterocycles. The lowest BCUT2D eigenvalue weighted by molar-refractivity contribution is -0.138. The van der Waals surface area contributed by atoms with Gasteiger partial charge in [-0.2, -0.15) is 18.7 Å². The molecule has 1 amide bonds. The first kappa shape index (κ1) is 10.1. The van der Waals surface area contributed by atoms with Gasteiger partial charge >= 0.3 is 11.8 Å². The smallest absolute Gasteiger partial charge is 0.266 e. The van der Waals surface area contributed by atoms with E-state index in [0.29, 0.717) is 11.4 Å². The highest BCUT2D eigenvalue weighted by Gasteiger charge is 2.32. The third-order valence-corrected chi connectivity index (χ3v) is 1.58. The van der Waals surface area contributed by atoms with Gasteiger partial charge in [0.25, 0.3) is 0 Å². The van der Waals surface area contributed by atoms with Gasteiger partial charge in [0.15, 0.2) is 0 Å². The van der Waals surface area contributed by atoms with E-state index in [1.807, 2.05) is 5.43 Å². The molecule has 0 bridgehead atoms. The highest BCUT2D eigenvalue weighted by Crippen LogP contribution is 2.12. The average Bonchev–Trinajstić information content (AvgIpc) is 2.33. The third kappa shape index (κ3) is 2.76. The van der Waals surface area contributed by atoms with E-state index < -0.39 is 11.8 Å². The molecular weight excluding hydrogens is 248 g/mol. The number of nitrogens with zero attached hydrogens (tertiary/aromatic N) is 2. The summed E-state index contributed by atoms with van der Waals surface area (Å²) in [6, 6.07) is 0. The van der Waals surface area contributed by atoms with Crippen LogP contribution in [-0.2, 0) is 4.79 Å². The number of hydrogen-bond acceptors (Lipinski definition) is 2. The SMILES string of the molecule is CC(F)(F)C(=O)Nn1cc(Br)cn1. The zero-order chi connectivity index (χ0) is 10.1. The first-order chi connectivity index (χ1) is 5.89. The van der Waals surface area contributed by atoms with E-state index in [9.17, 15) is 13.6 Å². The Kier molecular flexibility index (Phi) is 2.65. The lowest BCUT2D eigenvalue weighted by Gasteiger charge is -2.09. The first-order valence-corrected chi connectivity index (χ1v) is 4.08. The molecule has 0 aliphatic carbocycles. The number of hydrogen-bond donors (Lipinski definition) is 1. The van der Waals surface area contributed by atoms with Crippen LogP contribution in [0.15, 0.2) is 16.9 Å². The molecule has 0 radical (unpaired) electrons. The van der Waals surface area contributed by atoms with Crippen LogP contribution in [0.2, 0.25) is 0 Å². The van der Waals surface area contributed by atoms with Gasteiger partial charge in [0.05, 0.1) is 16.9 Å². The standard InChI is InChI=1S/C6H6BrF2N3O/c1-6(8,9)5(13)11-12-3-4(7)2-10-12/h2-3H,1H3,(H,11,13). The second-order valence-corrected chi connectivity index (χ2v) is 3.35. The van der Waals surface area contributed by atoms with Crippen LogP contribution < -0.4 is 5.43 Å². The Morgan fingerprint density at radius 3 is 2.77 bits per heavy atom. The van der Waals surface area contributed by atoms with Crippen molar-refractivity contribution in [3.63, 3.8) is 0 Å². The number of carbonyl (C=O) groups is 1. The molecule has 0 spiro atoms. The summed E-state index contributed by atoms with van der Waals surface area (Å²) in [7, 11) is 0. The Bertz CT molecular complexity index is 320. The van der Waals surface area contributed by atoms with E-state index in [4.69, 9.17) is 0 Å². The zero-order valence-corrected chi connectivity index (χ0v) is 8.18. The van der Waals surface area contributed by atoms with E-state index in [-0.39, 0.29) is 0 Å². The molecule has 0 saturated carbocycles. The normalized spacial score (nSPS) is 11.4. The summed E-state index contributed by atoms with van der Waals surface area (Å²) in [6.07, 6.45) is 2.72. The fourth-order valence-electron chi connectivity index (χ4n) is 0.564. The van der Waals surface area contributed by atoms with Crippen molar-refractivity contribution in [3.8, 4) is 0 Å². The molecule has 0 aliphatic rings. The van der Waals surface area contributed by atoms with Crippen molar-refractivity contribution in [1.82, 2.24) is 9.89 Å². The van der Waals surface area contributed by atoms with Crippen molar-refractivity contribution in [1.29, 1.82) is 0 Å². The molecule has 1 aromatic rings. The predicted molar refractivity (Wildman–Crippen MR) is 44.9 cm³/mol. The van der Waals surface area contributed by atoms with Gasteiger partial charge in [-0.3, -0.25) is 4.79 Å². The quantitative estimate of drug-likeness (QED) is 0.866. The Morgan fingerprint density at radius 1 is 1.77 bits per heavy atom. The zero-order valence-electron chi connectivity index (χ0n) is 6.59. The van der Waals surface area contributed by atoms with Crippen LogP contribution in [0, 0.1) is 0 Å². The van der Waals surface area contributed by atoms with Crippen LogP contribution in [0.3, 0.4) is 0 Å². The van der Waals surface area contributed by atoms with Crippen molar-refractivity contribution in [2.24, 2.45) is 0 Å². The lowest BCUT2D eigenvalue weighted by Crippen LogP contribution is -2.36. The maximum atomic E-state index is 12.3. The molecule has 0 fully saturated rings. The van der Waals surface area contributed by atoms with Gasteiger partial charge < -0.3 is 0 Å². The van der Waals surface area contributed by atoms with E-state index in [0.717, 1.165) is 4.79 Å². The summed E-state index contributed by atoms with van der Waals surface area (Å²) >= 11 is 3.05. The molecule has 4 nitrogen and oxygen atoms in total. The van der Waals surface area contributed by atoms with E-state index in [1.165, 1.54) is 12.4 Å². The van der Waals surface area contributed by atoms with Crippen LogP contribution in [-0.4, -0.2) is 21.7 Å². The van der Waals surface area contributed by atoms with Crippen molar-refractivity contribution >= 4 is 21.8 Å². The molecule has 0 aromatic carbocycles. The fraction of sp³-hybridized carbons (Fsp3) is 0.333. The van der Waals surface area contributed by atoms with Gasteiger partial charge in [0, 0.05) is 6.92 Å². The minimum Gasteiger partial charge on any atom is -0.266 e. The Balaban J connectivity index is 2.65.